The maximum atomic E-state index is 9.63. The minimum Gasteiger partial charge on any atom is -0.508 e. The highest BCUT2D eigenvalue weighted by molar-refractivity contribution is 7.99. The summed E-state index contributed by atoms with van der Waals surface area (Å²) in [7, 11) is 1.65. The Labute approximate surface area is 206 Å². The standard InChI is InChI=1S/C27H22N4O3S/c1-33-24-7-3-2-5-18(24)16-34-20-10-13-25(35-21-11-8-19(32)9-12-21)23(15-20)31-27-22-6-4-14-28-26(22)29-17-30-27/h2-15,17,32H,16H2,1H3,(H,28,29,30,31). The van der Waals surface area contributed by atoms with Crippen molar-refractivity contribution in [3.63, 3.8) is 0 Å². The van der Waals surface area contributed by atoms with Gasteiger partial charge in [0.2, 0.25) is 0 Å². The number of hydrogen-bond acceptors (Lipinski definition) is 8. The van der Waals surface area contributed by atoms with E-state index in [1.807, 2.05) is 66.7 Å². The molecule has 0 aliphatic carbocycles. The fraction of sp³-hybridized carbons (Fsp3) is 0.0741. The summed E-state index contributed by atoms with van der Waals surface area (Å²) in [4.78, 5) is 15.0. The molecule has 0 saturated heterocycles. The van der Waals surface area contributed by atoms with Gasteiger partial charge in [0.05, 0.1) is 18.2 Å². The van der Waals surface area contributed by atoms with Crippen LogP contribution in [0.2, 0.25) is 0 Å². The number of anilines is 2. The van der Waals surface area contributed by atoms with Crippen LogP contribution < -0.4 is 14.8 Å². The van der Waals surface area contributed by atoms with Crippen LogP contribution in [-0.4, -0.2) is 27.2 Å². The average Bonchev–Trinajstić information content (AvgIpc) is 2.90. The minimum atomic E-state index is 0.229. The molecule has 7 nitrogen and oxygen atoms in total. The van der Waals surface area contributed by atoms with Crippen molar-refractivity contribution in [3.05, 3.63) is 97.0 Å². The summed E-state index contributed by atoms with van der Waals surface area (Å²) in [5.41, 5.74) is 2.39. The van der Waals surface area contributed by atoms with Crippen LogP contribution in [0.15, 0.2) is 101 Å². The first-order chi connectivity index (χ1) is 17.2. The SMILES string of the molecule is COc1ccccc1COc1ccc(Sc2ccc(O)cc2)c(Nc2ncnc3ncccc23)c1. The number of phenols is 1. The van der Waals surface area contributed by atoms with Crippen LogP contribution in [0.5, 0.6) is 17.2 Å². The van der Waals surface area contributed by atoms with Crippen LogP contribution in [0.25, 0.3) is 11.0 Å². The number of ether oxygens (including phenoxy) is 2. The molecule has 2 aromatic heterocycles. The first-order valence-corrected chi connectivity index (χ1v) is 11.7. The number of aromatic nitrogens is 3. The van der Waals surface area contributed by atoms with Gasteiger partial charge in [-0.05, 0) is 54.6 Å². The largest absolute Gasteiger partial charge is 0.508 e. The zero-order valence-corrected chi connectivity index (χ0v) is 19.7. The number of nitrogens with one attached hydrogen (secondary N) is 1. The maximum Gasteiger partial charge on any atom is 0.164 e. The van der Waals surface area contributed by atoms with Gasteiger partial charge in [-0.25, -0.2) is 15.0 Å². The summed E-state index contributed by atoms with van der Waals surface area (Å²) < 4.78 is 11.6. The van der Waals surface area contributed by atoms with Gasteiger partial charge >= 0.3 is 0 Å². The van der Waals surface area contributed by atoms with E-state index >= 15 is 0 Å². The molecule has 174 valence electrons. The second-order valence-electron chi connectivity index (χ2n) is 7.58. The Morgan fingerprint density at radius 3 is 2.63 bits per heavy atom. The molecule has 0 unspecified atom stereocenters. The zero-order valence-electron chi connectivity index (χ0n) is 18.9. The van der Waals surface area contributed by atoms with Gasteiger partial charge in [0.15, 0.2) is 5.65 Å². The van der Waals surface area contributed by atoms with E-state index in [2.05, 4.69) is 20.3 Å². The van der Waals surface area contributed by atoms with E-state index in [4.69, 9.17) is 9.47 Å². The molecule has 5 rings (SSSR count). The lowest BCUT2D eigenvalue weighted by atomic mass is 10.2. The number of fused-ring (bicyclic) bond motifs is 1. The summed E-state index contributed by atoms with van der Waals surface area (Å²) in [5, 5.41) is 13.9. The Balaban J connectivity index is 1.47. The van der Waals surface area contributed by atoms with E-state index in [9.17, 15) is 5.11 Å². The number of rotatable bonds is 8. The van der Waals surface area contributed by atoms with E-state index in [0.29, 0.717) is 23.8 Å². The summed E-state index contributed by atoms with van der Waals surface area (Å²) in [6, 6.07) is 24.5. The molecule has 2 heterocycles. The molecule has 3 aromatic carbocycles. The third-order valence-electron chi connectivity index (χ3n) is 5.26. The lowest BCUT2D eigenvalue weighted by Crippen LogP contribution is -2.01. The Morgan fingerprint density at radius 2 is 1.77 bits per heavy atom. The lowest BCUT2D eigenvalue weighted by molar-refractivity contribution is 0.296. The summed E-state index contributed by atoms with van der Waals surface area (Å²) >= 11 is 1.57. The fourth-order valence-corrected chi connectivity index (χ4v) is 4.41. The highest BCUT2D eigenvalue weighted by Crippen LogP contribution is 2.38. The van der Waals surface area contributed by atoms with Crippen molar-refractivity contribution in [3.8, 4) is 17.2 Å². The highest BCUT2D eigenvalue weighted by Gasteiger charge is 2.12. The minimum absolute atomic E-state index is 0.229. The number of phenolic OH excluding ortho intramolecular Hbond substituents is 1. The van der Waals surface area contributed by atoms with Crippen molar-refractivity contribution in [1.82, 2.24) is 15.0 Å². The number of aromatic hydroxyl groups is 1. The van der Waals surface area contributed by atoms with E-state index < -0.39 is 0 Å². The van der Waals surface area contributed by atoms with E-state index in [-0.39, 0.29) is 5.75 Å². The number of benzene rings is 3. The third kappa shape index (κ3) is 5.28. The van der Waals surface area contributed by atoms with Crippen LogP contribution in [0.3, 0.4) is 0 Å². The molecule has 0 fully saturated rings. The van der Waals surface area contributed by atoms with Gasteiger partial charge in [-0.3, -0.25) is 0 Å². The second-order valence-corrected chi connectivity index (χ2v) is 8.69. The molecule has 0 saturated carbocycles. The molecule has 0 aliphatic rings. The fourth-order valence-electron chi connectivity index (χ4n) is 3.53. The summed E-state index contributed by atoms with van der Waals surface area (Å²) in [5.74, 6) is 2.36. The summed E-state index contributed by atoms with van der Waals surface area (Å²) in [6.45, 7) is 0.369. The van der Waals surface area contributed by atoms with Crippen molar-refractivity contribution in [2.24, 2.45) is 0 Å². The molecule has 2 N–H and O–H groups in total. The molecular formula is C27H22N4O3S. The molecule has 0 radical (unpaired) electrons. The molecule has 0 spiro atoms. The molecule has 35 heavy (non-hydrogen) atoms. The van der Waals surface area contributed by atoms with Gasteiger partial charge < -0.3 is 19.9 Å². The molecule has 0 aliphatic heterocycles. The van der Waals surface area contributed by atoms with Crippen molar-refractivity contribution >= 4 is 34.3 Å². The number of pyridine rings is 1. The van der Waals surface area contributed by atoms with Crippen molar-refractivity contribution in [2.45, 2.75) is 16.4 Å². The van der Waals surface area contributed by atoms with Gasteiger partial charge in [-0.2, -0.15) is 0 Å². The van der Waals surface area contributed by atoms with Crippen LogP contribution in [-0.2, 0) is 6.61 Å². The molecular weight excluding hydrogens is 460 g/mol. The number of hydrogen-bond donors (Lipinski definition) is 2. The van der Waals surface area contributed by atoms with Crippen molar-refractivity contribution in [1.29, 1.82) is 0 Å². The second kappa shape index (κ2) is 10.3. The third-order valence-corrected chi connectivity index (χ3v) is 6.35. The molecule has 0 amide bonds. The van der Waals surface area contributed by atoms with Crippen LogP contribution in [0.1, 0.15) is 5.56 Å². The van der Waals surface area contributed by atoms with Gasteiger partial charge in [0.25, 0.3) is 0 Å². The monoisotopic (exact) mass is 482 g/mol. The number of methoxy groups -OCH3 is 1. The first kappa shape index (κ1) is 22.5. The molecule has 0 atom stereocenters. The van der Waals surface area contributed by atoms with Crippen molar-refractivity contribution in [2.75, 3.05) is 12.4 Å². The zero-order chi connectivity index (χ0) is 24.0. The van der Waals surface area contributed by atoms with Crippen molar-refractivity contribution < 1.29 is 14.6 Å². The predicted molar refractivity (Wildman–Crippen MR) is 137 cm³/mol. The predicted octanol–water partition coefficient (Wildman–Crippen LogP) is 6.21. The lowest BCUT2D eigenvalue weighted by Gasteiger charge is -2.15. The highest BCUT2D eigenvalue weighted by atomic mass is 32.2. The van der Waals surface area contributed by atoms with Gasteiger partial charge in [-0.1, -0.05) is 30.0 Å². The maximum absolute atomic E-state index is 9.63. The van der Waals surface area contributed by atoms with Gasteiger partial charge in [0, 0.05) is 27.6 Å². The molecule has 5 aromatic rings. The average molecular weight is 483 g/mol. The Morgan fingerprint density at radius 1 is 0.914 bits per heavy atom. The van der Waals surface area contributed by atoms with Crippen LogP contribution in [0.4, 0.5) is 11.5 Å². The molecule has 8 heteroatoms. The Bertz CT molecular complexity index is 1460. The van der Waals surface area contributed by atoms with Crippen LogP contribution >= 0.6 is 11.8 Å². The van der Waals surface area contributed by atoms with Gasteiger partial charge in [-0.15, -0.1) is 0 Å². The van der Waals surface area contributed by atoms with Gasteiger partial charge in [0.1, 0.15) is 36.0 Å². The Kier molecular flexibility index (Phi) is 6.63. The first-order valence-electron chi connectivity index (χ1n) is 10.9. The normalized spacial score (nSPS) is 10.8. The number of nitrogens with zero attached hydrogens (tertiary/aromatic N) is 3. The molecule has 0 bridgehead atoms. The summed E-state index contributed by atoms with van der Waals surface area (Å²) in [6.07, 6.45) is 3.20. The topological polar surface area (TPSA) is 89.4 Å². The quantitative estimate of drug-likeness (QED) is 0.270. The Hall–Kier alpha value is -4.30. The van der Waals surface area contributed by atoms with E-state index in [1.54, 1.807) is 37.2 Å². The van der Waals surface area contributed by atoms with Crippen LogP contribution in [0, 0.1) is 0 Å². The van der Waals surface area contributed by atoms with E-state index in [0.717, 1.165) is 32.2 Å². The van der Waals surface area contributed by atoms with E-state index in [1.165, 1.54) is 6.33 Å². The number of para-hydroxylation sites is 1. The smallest absolute Gasteiger partial charge is 0.164 e.